The molecule has 9 heteroatoms. The zero-order valence-electron chi connectivity index (χ0n) is 16.1. The fourth-order valence-corrected chi connectivity index (χ4v) is 4.58. The van der Waals surface area contributed by atoms with E-state index < -0.39 is 17.2 Å². The summed E-state index contributed by atoms with van der Waals surface area (Å²) in [5.74, 6) is -1.38. The molecular formula is C20H21FN2O5S. The lowest BCUT2D eigenvalue weighted by Crippen LogP contribution is -2.24. The minimum Gasteiger partial charge on any atom is -0.462 e. The monoisotopic (exact) mass is 420 g/mol. The van der Waals surface area contributed by atoms with Crippen molar-refractivity contribution in [2.75, 3.05) is 31.7 Å². The molecule has 0 bridgehead atoms. The molecule has 3 heterocycles. The number of fused-ring (bicyclic) bond motifs is 3. The number of hydrogen-bond donors (Lipinski definition) is 1. The first-order valence-corrected chi connectivity index (χ1v) is 10.1. The SMILES string of the molecule is CCOC(=O)c1c(=O)c2cc(F)c(N3CCCC3)c(C=O)c2n2ccsc12.CO. The van der Waals surface area contributed by atoms with Crippen LogP contribution in [0, 0.1) is 5.82 Å². The number of hydrogen-bond acceptors (Lipinski definition) is 7. The van der Waals surface area contributed by atoms with Crippen LogP contribution in [0.25, 0.3) is 15.7 Å². The maximum absolute atomic E-state index is 14.9. The van der Waals surface area contributed by atoms with Crippen molar-refractivity contribution in [3.63, 3.8) is 0 Å². The Morgan fingerprint density at radius 1 is 1.34 bits per heavy atom. The quantitative estimate of drug-likeness (QED) is 0.516. The number of aliphatic hydroxyl groups is 1. The summed E-state index contributed by atoms with van der Waals surface area (Å²) in [6, 6.07) is 1.13. The normalized spacial score (nSPS) is 13.4. The maximum Gasteiger partial charge on any atom is 0.345 e. The number of aromatic nitrogens is 1. The number of ether oxygens (including phenoxy) is 1. The van der Waals surface area contributed by atoms with Crippen molar-refractivity contribution in [3.05, 3.63) is 44.8 Å². The molecule has 3 aromatic rings. The van der Waals surface area contributed by atoms with E-state index in [1.54, 1.807) is 22.9 Å². The molecule has 1 aliphatic heterocycles. The average Bonchev–Trinajstić information content (AvgIpc) is 3.41. The van der Waals surface area contributed by atoms with Gasteiger partial charge < -0.3 is 19.1 Å². The van der Waals surface area contributed by atoms with Gasteiger partial charge in [-0.15, -0.1) is 11.3 Å². The van der Waals surface area contributed by atoms with Gasteiger partial charge in [0.1, 0.15) is 16.2 Å². The van der Waals surface area contributed by atoms with Crippen molar-refractivity contribution in [1.82, 2.24) is 4.40 Å². The first-order chi connectivity index (χ1) is 14.1. The molecule has 1 saturated heterocycles. The summed E-state index contributed by atoms with van der Waals surface area (Å²) < 4.78 is 21.6. The van der Waals surface area contributed by atoms with Gasteiger partial charge in [-0.05, 0) is 25.8 Å². The van der Waals surface area contributed by atoms with Crippen LogP contribution in [0.1, 0.15) is 40.5 Å². The third-order valence-electron chi connectivity index (χ3n) is 4.82. The molecule has 0 unspecified atom stereocenters. The molecule has 154 valence electrons. The van der Waals surface area contributed by atoms with Gasteiger partial charge in [0.25, 0.3) is 0 Å². The second-order valence-corrected chi connectivity index (χ2v) is 7.23. The minimum atomic E-state index is -0.749. The van der Waals surface area contributed by atoms with E-state index in [4.69, 9.17) is 9.84 Å². The second kappa shape index (κ2) is 8.71. The summed E-state index contributed by atoms with van der Waals surface area (Å²) in [7, 11) is 1.00. The summed E-state index contributed by atoms with van der Waals surface area (Å²) >= 11 is 1.20. The zero-order valence-corrected chi connectivity index (χ0v) is 16.9. The molecule has 0 atom stereocenters. The first kappa shape index (κ1) is 20.9. The van der Waals surface area contributed by atoms with Gasteiger partial charge in [0.15, 0.2) is 6.29 Å². The molecule has 2 aromatic heterocycles. The topological polar surface area (TPSA) is 88.3 Å². The number of anilines is 1. The predicted octanol–water partition coefficient (Wildman–Crippen LogP) is 2.85. The van der Waals surface area contributed by atoms with Crippen LogP contribution in [0.15, 0.2) is 22.4 Å². The van der Waals surface area contributed by atoms with E-state index in [1.165, 1.54) is 11.3 Å². The van der Waals surface area contributed by atoms with Crippen molar-refractivity contribution in [3.8, 4) is 0 Å². The molecule has 0 saturated carbocycles. The Morgan fingerprint density at radius 2 is 2.03 bits per heavy atom. The number of thiazole rings is 1. The molecule has 0 radical (unpaired) electrons. The lowest BCUT2D eigenvalue weighted by molar-refractivity contribution is 0.0527. The Morgan fingerprint density at radius 3 is 2.66 bits per heavy atom. The molecule has 1 fully saturated rings. The van der Waals surface area contributed by atoms with Gasteiger partial charge in [-0.1, -0.05) is 0 Å². The van der Waals surface area contributed by atoms with E-state index in [1.807, 2.05) is 4.90 Å². The van der Waals surface area contributed by atoms with Crippen molar-refractivity contribution in [2.45, 2.75) is 19.8 Å². The fourth-order valence-electron chi connectivity index (χ4n) is 3.71. The molecule has 0 spiro atoms. The van der Waals surface area contributed by atoms with Crippen LogP contribution in [0.3, 0.4) is 0 Å². The summed E-state index contributed by atoms with van der Waals surface area (Å²) in [5.41, 5.74) is -0.0842. The number of aliphatic hydroxyl groups excluding tert-OH is 1. The average molecular weight is 420 g/mol. The lowest BCUT2D eigenvalue weighted by Gasteiger charge is -2.22. The largest absolute Gasteiger partial charge is 0.462 e. The number of rotatable bonds is 4. The second-order valence-electron chi connectivity index (χ2n) is 6.33. The lowest BCUT2D eigenvalue weighted by atomic mass is 10.0. The predicted molar refractivity (Wildman–Crippen MR) is 110 cm³/mol. The Bertz CT molecular complexity index is 1130. The van der Waals surface area contributed by atoms with E-state index in [-0.39, 0.29) is 28.8 Å². The zero-order chi connectivity index (χ0) is 21.1. The van der Waals surface area contributed by atoms with Gasteiger partial charge in [-0.3, -0.25) is 9.59 Å². The number of aldehydes is 1. The van der Waals surface area contributed by atoms with E-state index in [2.05, 4.69) is 0 Å². The van der Waals surface area contributed by atoms with Gasteiger partial charge in [-0.2, -0.15) is 0 Å². The Balaban J connectivity index is 0.00000117. The highest BCUT2D eigenvalue weighted by atomic mass is 32.1. The number of carbonyl (C=O) groups is 2. The number of esters is 1. The van der Waals surface area contributed by atoms with Crippen LogP contribution in [0.5, 0.6) is 0 Å². The van der Waals surface area contributed by atoms with Crippen LogP contribution in [-0.4, -0.2) is 48.6 Å². The van der Waals surface area contributed by atoms with Crippen LogP contribution >= 0.6 is 11.3 Å². The summed E-state index contributed by atoms with van der Waals surface area (Å²) in [6.07, 6.45) is 4.10. The highest BCUT2D eigenvalue weighted by Gasteiger charge is 2.27. The van der Waals surface area contributed by atoms with Gasteiger partial charge in [0.2, 0.25) is 5.43 Å². The summed E-state index contributed by atoms with van der Waals surface area (Å²) in [4.78, 5) is 39.5. The molecule has 7 nitrogen and oxygen atoms in total. The van der Waals surface area contributed by atoms with Crippen LogP contribution < -0.4 is 10.3 Å². The molecule has 29 heavy (non-hydrogen) atoms. The van der Waals surface area contributed by atoms with Gasteiger partial charge in [-0.25, -0.2) is 9.18 Å². The smallest absolute Gasteiger partial charge is 0.345 e. The number of nitrogens with zero attached hydrogens (tertiary/aromatic N) is 2. The Hall–Kier alpha value is -2.78. The number of pyridine rings is 1. The third-order valence-corrected chi connectivity index (χ3v) is 5.70. The van der Waals surface area contributed by atoms with Crippen LogP contribution in [0.2, 0.25) is 0 Å². The fraction of sp³-hybridized carbons (Fsp3) is 0.350. The van der Waals surface area contributed by atoms with E-state index in [0.717, 1.165) is 26.0 Å². The van der Waals surface area contributed by atoms with Crippen molar-refractivity contribution >= 4 is 45.0 Å². The van der Waals surface area contributed by atoms with Crippen molar-refractivity contribution in [1.29, 1.82) is 0 Å². The molecule has 1 N–H and O–H groups in total. The van der Waals surface area contributed by atoms with Crippen molar-refractivity contribution < 1.29 is 23.8 Å². The molecule has 1 aliphatic rings. The van der Waals surface area contributed by atoms with Gasteiger partial charge in [0, 0.05) is 31.8 Å². The van der Waals surface area contributed by atoms with Gasteiger partial charge in [0.05, 0.1) is 28.8 Å². The van der Waals surface area contributed by atoms with Crippen LogP contribution in [0.4, 0.5) is 10.1 Å². The van der Waals surface area contributed by atoms with Crippen LogP contribution in [-0.2, 0) is 4.74 Å². The number of carbonyl (C=O) groups excluding carboxylic acids is 2. The number of benzene rings is 1. The maximum atomic E-state index is 14.9. The highest BCUT2D eigenvalue weighted by molar-refractivity contribution is 7.16. The third kappa shape index (κ3) is 3.40. The molecule has 1 aromatic carbocycles. The summed E-state index contributed by atoms with van der Waals surface area (Å²) in [6.45, 7) is 3.09. The number of halogens is 1. The van der Waals surface area contributed by atoms with E-state index in [9.17, 15) is 18.8 Å². The van der Waals surface area contributed by atoms with Crippen molar-refractivity contribution in [2.24, 2.45) is 0 Å². The highest BCUT2D eigenvalue weighted by Crippen LogP contribution is 2.34. The Labute approximate surface area is 169 Å². The first-order valence-electron chi connectivity index (χ1n) is 9.18. The Kier molecular flexibility index (Phi) is 6.29. The molecule has 4 rings (SSSR count). The van der Waals surface area contributed by atoms with E-state index >= 15 is 0 Å². The standard InChI is InChI=1S/C19H17FN2O4S.CH4O/c1-2-26-19(25)14-17(24)11-9-13(20)16(21-5-3-4-6-21)12(10-23)15(11)22-7-8-27-18(14)22;1-2/h7-10H,2-6H2,1H3;2H,1H3. The van der Waals surface area contributed by atoms with E-state index in [0.29, 0.717) is 29.7 Å². The minimum absolute atomic E-state index is 0.00324. The molecule has 0 aliphatic carbocycles. The van der Waals surface area contributed by atoms with Gasteiger partial charge >= 0.3 is 5.97 Å². The molecular weight excluding hydrogens is 399 g/mol. The molecule has 0 amide bonds. The summed E-state index contributed by atoms with van der Waals surface area (Å²) in [5, 5.41) is 8.71.